The summed E-state index contributed by atoms with van der Waals surface area (Å²) in [6, 6.07) is 11.6. The van der Waals surface area contributed by atoms with Gasteiger partial charge in [0, 0.05) is 12.1 Å². The van der Waals surface area contributed by atoms with E-state index in [0.29, 0.717) is 6.04 Å². The van der Waals surface area contributed by atoms with E-state index in [4.69, 9.17) is 5.73 Å². The van der Waals surface area contributed by atoms with E-state index < -0.39 is 0 Å². The first-order valence-corrected chi connectivity index (χ1v) is 8.75. The van der Waals surface area contributed by atoms with Crippen molar-refractivity contribution in [3.63, 3.8) is 0 Å². The maximum atomic E-state index is 5.99. The molecule has 0 radical (unpaired) electrons. The maximum Gasteiger partial charge on any atom is 0.00818 e. The summed E-state index contributed by atoms with van der Waals surface area (Å²) in [5.74, 6) is 0. The van der Waals surface area contributed by atoms with Crippen LogP contribution in [0, 0.1) is 0 Å². The molecule has 3 N–H and O–H groups in total. The van der Waals surface area contributed by atoms with Gasteiger partial charge in [-0.05, 0) is 38.3 Å². The molecule has 0 spiro atoms. The van der Waals surface area contributed by atoms with E-state index in [9.17, 15) is 0 Å². The van der Waals surface area contributed by atoms with E-state index >= 15 is 0 Å². The number of nitrogens with two attached hydrogens (primary N) is 1. The first-order chi connectivity index (χ1) is 10.2. The third kappa shape index (κ3) is 9.65. The Hall–Kier alpha value is -0.860. The molecular formula is C19H34N2. The average Bonchev–Trinajstić information content (AvgIpc) is 2.47. The van der Waals surface area contributed by atoms with E-state index in [2.05, 4.69) is 49.5 Å². The second-order valence-electron chi connectivity index (χ2n) is 6.30. The SMILES string of the molecule is CCCCCCCC(CC(C)N)NCCc1ccccc1. The van der Waals surface area contributed by atoms with Gasteiger partial charge in [-0.2, -0.15) is 0 Å². The van der Waals surface area contributed by atoms with Crippen molar-refractivity contribution in [1.82, 2.24) is 5.32 Å². The lowest BCUT2D eigenvalue weighted by Crippen LogP contribution is -2.35. The molecular weight excluding hydrogens is 256 g/mol. The van der Waals surface area contributed by atoms with Crippen LogP contribution in [0.5, 0.6) is 0 Å². The summed E-state index contributed by atoms with van der Waals surface area (Å²) in [5.41, 5.74) is 7.40. The highest BCUT2D eigenvalue weighted by Crippen LogP contribution is 2.10. The molecule has 2 atom stereocenters. The molecule has 21 heavy (non-hydrogen) atoms. The summed E-state index contributed by atoms with van der Waals surface area (Å²) in [4.78, 5) is 0. The van der Waals surface area contributed by atoms with Crippen LogP contribution in [0.1, 0.15) is 64.4 Å². The van der Waals surface area contributed by atoms with Crippen molar-refractivity contribution in [3.05, 3.63) is 35.9 Å². The summed E-state index contributed by atoms with van der Waals surface area (Å²) >= 11 is 0. The van der Waals surface area contributed by atoms with Crippen LogP contribution in [0.4, 0.5) is 0 Å². The van der Waals surface area contributed by atoms with Crippen LogP contribution < -0.4 is 11.1 Å². The van der Waals surface area contributed by atoms with Crippen LogP contribution in [0.2, 0.25) is 0 Å². The van der Waals surface area contributed by atoms with Gasteiger partial charge in [-0.15, -0.1) is 0 Å². The maximum absolute atomic E-state index is 5.99. The first-order valence-electron chi connectivity index (χ1n) is 8.75. The Balaban J connectivity index is 2.22. The second-order valence-corrected chi connectivity index (χ2v) is 6.30. The summed E-state index contributed by atoms with van der Waals surface area (Å²) < 4.78 is 0. The number of hydrogen-bond donors (Lipinski definition) is 2. The molecule has 0 saturated heterocycles. The fourth-order valence-corrected chi connectivity index (χ4v) is 2.81. The van der Waals surface area contributed by atoms with Gasteiger partial charge in [0.1, 0.15) is 0 Å². The number of benzene rings is 1. The van der Waals surface area contributed by atoms with Crippen molar-refractivity contribution < 1.29 is 0 Å². The molecule has 2 nitrogen and oxygen atoms in total. The van der Waals surface area contributed by atoms with Gasteiger partial charge in [0.2, 0.25) is 0 Å². The zero-order valence-electron chi connectivity index (χ0n) is 14.0. The average molecular weight is 290 g/mol. The van der Waals surface area contributed by atoms with Gasteiger partial charge in [-0.25, -0.2) is 0 Å². The number of unbranched alkanes of at least 4 members (excludes halogenated alkanes) is 4. The zero-order valence-corrected chi connectivity index (χ0v) is 14.0. The zero-order chi connectivity index (χ0) is 15.3. The lowest BCUT2D eigenvalue weighted by molar-refractivity contribution is 0.410. The van der Waals surface area contributed by atoms with Gasteiger partial charge in [-0.3, -0.25) is 0 Å². The van der Waals surface area contributed by atoms with Crippen molar-refractivity contribution in [1.29, 1.82) is 0 Å². The Morgan fingerprint density at radius 3 is 2.43 bits per heavy atom. The molecule has 0 aliphatic carbocycles. The largest absolute Gasteiger partial charge is 0.328 e. The van der Waals surface area contributed by atoms with Gasteiger partial charge in [0.15, 0.2) is 0 Å². The third-order valence-electron chi connectivity index (χ3n) is 4.00. The van der Waals surface area contributed by atoms with Gasteiger partial charge in [0.05, 0.1) is 0 Å². The minimum atomic E-state index is 0.287. The lowest BCUT2D eigenvalue weighted by Gasteiger charge is -2.20. The van der Waals surface area contributed by atoms with Gasteiger partial charge < -0.3 is 11.1 Å². The third-order valence-corrected chi connectivity index (χ3v) is 4.00. The lowest BCUT2D eigenvalue weighted by atomic mass is 10.0. The monoisotopic (exact) mass is 290 g/mol. The topological polar surface area (TPSA) is 38.0 Å². The molecule has 120 valence electrons. The quantitative estimate of drug-likeness (QED) is 0.564. The standard InChI is InChI=1S/C19H34N2/c1-3-4-5-6-10-13-19(16-17(2)20)21-15-14-18-11-8-7-9-12-18/h7-9,11-12,17,19,21H,3-6,10,13-16,20H2,1-2H3. The van der Waals surface area contributed by atoms with Crippen LogP contribution in [0.15, 0.2) is 30.3 Å². The Morgan fingerprint density at radius 2 is 1.76 bits per heavy atom. The smallest absolute Gasteiger partial charge is 0.00818 e. The Bertz CT molecular complexity index is 335. The molecule has 0 amide bonds. The Kier molecular flexibility index (Phi) is 10.2. The fraction of sp³-hybridized carbons (Fsp3) is 0.684. The van der Waals surface area contributed by atoms with Crippen LogP contribution in [-0.4, -0.2) is 18.6 Å². The van der Waals surface area contributed by atoms with Crippen LogP contribution in [0.3, 0.4) is 0 Å². The Labute approximate surface area is 131 Å². The predicted octanol–water partition coefficient (Wildman–Crippen LogP) is 4.29. The normalized spacial score (nSPS) is 14.0. The van der Waals surface area contributed by atoms with E-state index in [-0.39, 0.29) is 6.04 Å². The molecule has 2 heteroatoms. The highest BCUT2D eigenvalue weighted by Gasteiger charge is 2.10. The van der Waals surface area contributed by atoms with Crippen molar-refractivity contribution in [3.8, 4) is 0 Å². The summed E-state index contributed by atoms with van der Waals surface area (Å²) in [6.07, 6.45) is 10.2. The molecule has 0 fully saturated rings. The highest BCUT2D eigenvalue weighted by atomic mass is 14.9. The molecule has 0 bridgehead atoms. The molecule has 0 aromatic heterocycles. The minimum Gasteiger partial charge on any atom is -0.328 e. The number of hydrogen-bond acceptors (Lipinski definition) is 2. The first kappa shape index (κ1) is 18.2. The van der Waals surface area contributed by atoms with E-state index in [0.717, 1.165) is 19.4 Å². The highest BCUT2D eigenvalue weighted by molar-refractivity contribution is 5.14. The van der Waals surface area contributed by atoms with Crippen LogP contribution >= 0.6 is 0 Å². The minimum absolute atomic E-state index is 0.287. The van der Waals surface area contributed by atoms with E-state index in [1.54, 1.807) is 0 Å². The fourth-order valence-electron chi connectivity index (χ4n) is 2.81. The van der Waals surface area contributed by atoms with Gasteiger partial charge >= 0.3 is 0 Å². The second kappa shape index (κ2) is 11.8. The van der Waals surface area contributed by atoms with Gasteiger partial charge in [-0.1, -0.05) is 69.4 Å². The molecule has 1 aromatic rings. The van der Waals surface area contributed by atoms with Crippen molar-refractivity contribution in [2.24, 2.45) is 5.73 Å². The molecule has 1 aromatic carbocycles. The number of nitrogens with one attached hydrogen (secondary N) is 1. The van der Waals surface area contributed by atoms with Crippen LogP contribution in [-0.2, 0) is 6.42 Å². The van der Waals surface area contributed by atoms with E-state index in [1.165, 1.54) is 44.1 Å². The summed E-state index contributed by atoms with van der Waals surface area (Å²) in [5, 5.41) is 3.71. The molecule has 2 unspecified atom stereocenters. The number of rotatable bonds is 12. The molecule has 0 heterocycles. The summed E-state index contributed by atoms with van der Waals surface area (Å²) in [7, 11) is 0. The predicted molar refractivity (Wildman–Crippen MR) is 93.6 cm³/mol. The van der Waals surface area contributed by atoms with Gasteiger partial charge in [0.25, 0.3) is 0 Å². The molecule has 1 rings (SSSR count). The molecule has 0 saturated carbocycles. The molecule has 0 aliphatic heterocycles. The Morgan fingerprint density at radius 1 is 1.05 bits per heavy atom. The van der Waals surface area contributed by atoms with Crippen molar-refractivity contribution in [2.75, 3.05) is 6.54 Å². The van der Waals surface area contributed by atoms with Crippen LogP contribution in [0.25, 0.3) is 0 Å². The molecule has 0 aliphatic rings. The van der Waals surface area contributed by atoms with Crippen molar-refractivity contribution >= 4 is 0 Å². The van der Waals surface area contributed by atoms with E-state index in [1.807, 2.05) is 0 Å². The summed E-state index contributed by atoms with van der Waals surface area (Å²) in [6.45, 7) is 5.43. The van der Waals surface area contributed by atoms with Crippen molar-refractivity contribution in [2.45, 2.75) is 77.3 Å².